The lowest BCUT2D eigenvalue weighted by Crippen LogP contribution is -2.30. The molecule has 3 aromatic carbocycles. The summed E-state index contributed by atoms with van der Waals surface area (Å²) in [7, 11) is 0. The summed E-state index contributed by atoms with van der Waals surface area (Å²) >= 11 is 8.34. The molecule has 0 amide bonds. The van der Waals surface area contributed by atoms with Crippen molar-refractivity contribution in [1.82, 2.24) is 0 Å². The fourth-order valence-corrected chi connectivity index (χ4v) is 5.43. The molecule has 1 heterocycles. The van der Waals surface area contributed by atoms with Crippen molar-refractivity contribution in [1.29, 1.82) is 0 Å². The van der Waals surface area contributed by atoms with Crippen LogP contribution in [-0.2, 0) is 5.75 Å². The summed E-state index contributed by atoms with van der Waals surface area (Å²) in [5.41, 5.74) is 2.55. The minimum atomic E-state index is -2.17. The van der Waals surface area contributed by atoms with Crippen LogP contribution in [0.15, 0.2) is 65.1 Å². The van der Waals surface area contributed by atoms with Crippen LogP contribution in [0.4, 0.5) is 22.0 Å². The lowest BCUT2D eigenvalue weighted by Gasteiger charge is -2.08. The highest BCUT2D eigenvalue weighted by atomic mass is 35.5. The maximum atomic E-state index is 14.2. The molecule has 0 unspecified atom stereocenters. The molecule has 0 aliphatic rings. The number of rotatable bonds is 5. The average molecular weight is 485 g/mol. The van der Waals surface area contributed by atoms with Crippen molar-refractivity contribution < 1.29 is 26.5 Å². The molecule has 31 heavy (non-hydrogen) atoms. The van der Waals surface area contributed by atoms with Crippen LogP contribution in [0.5, 0.6) is 0 Å². The number of nitrogens with zero attached hydrogens (tertiary/aromatic N) is 1. The number of aromatic nitrogens is 1. The molecule has 0 radical (unpaired) electrons. The number of thioether (sulfide) groups is 1. The maximum absolute atomic E-state index is 14.2. The third kappa shape index (κ3) is 4.20. The minimum absolute atomic E-state index is 0.448. The van der Waals surface area contributed by atoms with E-state index < -0.39 is 40.4 Å². The Bertz CT molecular complexity index is 1210. The molecule has 0 atom stereocenters. The molecule has 0 saturated carbocycles. The molecule has 0 aliphatic heterocycles. The summed E-state index contributed by atoms with van der Waals surface area (Å²) in [5.74, 6) is -10.2. The summed E-state index contributed by atoms with van der Waals surface area (Å²) in [4.78, 5) is 0.773. The van der Waals surface area contributed by atoms with Crippen molar-refractivity contribution in [3.05, 3.63) is 99.8 Å². The third-order valence-electron chi connectivity index (χ3n) is 4.48. The van der Waals surface area contributed by atoms with Crippen molar-refractivity contribution >= 4 is 34.7 Å². The molecule has 4 rings (SSSR count). The number of halogens is 6. The zero-order valence-corrected chi connectivity index (χ0v) is 17.9. The highest BCUT2D eigenvalue weighted by Crippen LogP contribution is 2.37. The lowest BCUT2D eigenvalue weighted by molar-refractivity contribution is -0.629. The van der Waals surface area contributed by atoms with Gasteiger partial charge in [0.25, 0.3) is 5.03 Å². The largest absolute Gasteiger partial charge is 0.265 e. The van der Waals surface area contributed by atoms with Gasteiger partial charge in [0, 0.05) is 28.5 Å². The van der Waals surface area contributed by atoms with Gasteiger partial charge >= 0.3 is 0 Å². The van der Waals surface area contributed by atoms with E-state index in [2.05, 4.69) is 0 Å². The second-order valence-electron chi connectivity index (χ2n) is 6.41. The van der Waals surface area contributed by atoms with Crippen molar-refractivity contribution in [2.75, 3.05) is 0 Å². The fourth-order valence-electron chi connectivity index (χ4n) is 2.93. The number of hydrogen-bond donors (Lipinski definition) is 0. The zero-order chi connectivity index (χ0) is 22.1. The summed E-state index contributed by atoms with van der Waals surface area (Å²) in [6.45, 7) is 0. The van der Waals surface area contributed by atoms with E-state index >= 15 is 0 Å². The van der Waals surface area contributed by atoms with Crippen LogP contribution >= 0.6 is 34.7 Å². The highest BCUT2D eigenvalue weighted by Gasteiger charge is 2.29. The third-order valence-corrected chi connectivity index (χ3v) is 6.95. The summed E-state index contributed by atoms with van der Waals surface area (Å²) in [6.07, 6.45) is 0. The van der Waals surface area contributed by atoms with E-state index in [0.717, 1.165) is 27.9 Å². The number of hydrogen-bond acceptors (Lipinski definition) is 2. The van der Waals surface area contributed by atoms with Gasteiger partial charge in [-0.15, -0.1) is 4.57 Å². The Morgan fingerprint density at radius 2 is 1.35 bits per heavy atom. The van der Waals surface area contributed by atoms with Gasteiger partial charge in [0.15, 0.2) is 23.3 Å². The van der Waals surface area contributed by atoms with Crippen molar-refractivity contribution in [2.24, 2.45) is 0 Å². The standard InChI is InChI=1S/C22H12ClF5NS2/c23-13-8-6-12(7-9-13)21-22(29(11-31-21)14-4-2-1-3-5-14)30-10-15-16(24)18(26)20(28)19(27)17(15)25/h1-9,11H,10H2/q+1. The van der Waals surface area contributed by atoms with Gasteiger partial charge in [-0.25, -0.2) is 22.0 Å². The van der Waals surface area contributed by atoms with Gasteiger partial charge in [0.2, 0.25) is 17.0 Å². The van der Waals surface area contributed by atoms with Gasteiger partial charge in [-0.1, -0.05) is 65.0 Å². The summed E-state index contributed by atoms with van der Waals surface area (Å²) in [5, 5.41) is 1.15. The van der Waals surface area contributed by atoms with Crippen LogP contribution < -0.4 is 4.57 Å². The van der Waals surface area contributed by atoms with Crippen LogP contribution in [0.2, 0.25) is 5.02 Å². The molecule has 9 heteroatoms. The fraction of sp³-hybridized carbons (Fsp3) is 0.0455. The first-order chi connectivity index (χ1) is 14.9. The Kier molecular flexibility index (Phi) is 6.31. The molecular formula is C22H12ClF5NS2+. The molecule has 1 nitrogen and oxygen atoms in total. The SMILES string of the molecule is Fc1c(F)c(F)c(CSc2c(-c3ccc(Cl)cc3)sc[n+]2-c2ccccc2)c(F)c1F. The van der Waals surface area contributed by atoms with E-state index in [4.69, 9.17) is 11.6 Å². The second-order valence-corrected chi connectivity index (χ2v) is 8.66. The predicted molar refractivity (Wildman–Crippen MR) is 112 cm³/mol. The minimum Gasteiger partial charge on any atom is -0.203 e. The van der Waals surface area contributed by atoms with Gasteiger partial charge in [-0.2, -0.15) is 0 Å². The van der Waals surface area contributed by atoms with Gasteiger partial charge in [0.1, 0.15) is 4.88 Å². The van der Waals surface area contributed by atoms with Crippen LogP contribution in [-0.4, -0.2) is 0 Å². The normalized spacial score (nSPS) is 11.2. The van der Waals surface area contributed by atoms with E-state index in [1.165, 1.54) is 11.3 Å². The number of benzene rings is 3. The van der Waals surface area contributed by atoms with Gasteiger partial charge < -0.3 is 0 Å². The van der Waals surface area contributed by atoms with E-state index in [1.54, 1.807) is 24.3 Å². The first-order valence-corrected chi connectivity index (χ1v) is 11.1. The molecule has 0 N–H and O–H groups in total. The first-order valence-electron chi connectivity index (χ1n) is 8.86. The molecule has 0 spiro atoms. The maximum Gasteiger partial charge on any atom is 0.265 e. The van der Waals surface area contributed by atoms with Crippen LogP contribution in [0.3, 0.4) is 0 Å². The monoisotopic (exact) mass is 484 g/mol. The van der Waals surface area contributed by atoms with Gasteiger partial charge in [-0.05, 0) is 17.7 Å². The average Bonchev–Trinajstić information content (AvgIpc) is 3.21. The Morgan fingerprint density at radius 3 is 1.97 bits per heavy atom. The first kappa shape index (κ1) is 21.8. The molecule has 0 saturated heterocycles. The van der Waals surface area contributed by atoms with Crippen LogP contribution in [0.1, 0.15) is 5.56 Å². The molecular weight excluding hydrogens is 473 g/mol. The lowest BCUT2D eigenvalue weighted by atomic mass is 10.2. The van der Waals surface area contributed by atoms with E-state index in [0.29, 0.717) is 10.0 Å². The van der Waals surface area contributed by atoms with Crippen molar-refractivity contribution in [3.63, 3.8) is 0 Å². The highest BCUT2D eigenvalue weighted by molar-refractivity contribution is 7.98. The predicted octanol–water partition coefficient (Wildman–Crippen LogP) is 7.33. The summed E-state index contributed by atoms with van der Waals surface area (Å²) in [6, 6.07) is 16.2. The van der Waals surface area contributed by atoms with Gasteiger partial charge in [-0.3, -0.25) is 0 Å². The summed E-state index contributed by atoms with van der Waals surface area (Å²) < 4.78 is 70.7. The Labute approximate surface area is 187 Å². The topological polar surface area (TPSA) is 3.88 Å². The molecule has 4 aromatic rings. The molecule has 0 bridgehead atoms. The van der Waals surface area contributed by atoms with Crippen molar-refractivity contribution in [3.8, 4) is 16.1 Å². The van der Waals surface area contributed by atoms with Crippen LogP contribution in [0.25, 0.3) is 16.1 Å². The molecule has 0 aliphatic carbocycles. The van der Waals surface area contributed by atoms with E-state index in [9.17, 15) is 22.0 Å². The van der Waals surface area contributed by atoms with Gasteiger partial charge in [0.05, 0.1) is 0 Å². The number of para-hydroxylation sites is 1. The quantitative estimate of drug-likeness (QED) is 0.0942. The van der Waals surface area contributed by atoms with Crippen molar-refractivity contribution in [2.45, 2.75) is 10.8 Å². The second kappa shape index (κ2) is 8.98. The molecule has 158 valence electrons. The number of thiazole rings is 1. The Morgan fingerprint density at radius 1 is 0.774 bits per heavy atom. The van der Waals surface area contributed by atoms with Crippen LogP contribution in [0, 0.1) is 29.1 Å². The van der Waals surface area contributed by atoms with E-state index in [-0.39, 0.29) is 0 Å². The Balaban J connectivity index is 1.79. The smallest absolute Gasteiger partial charge is 0.203 e. The molecule has 0 fully saturated rings. The van der Waals surface area contributed by atoms with E-state index in [1.807, 2.05) is 40.4 Å². The Hall–Kier alpha value is -2.42. The zero-order valence-electron chi connectivity index (χ0n) is 15.5. The molecule has 1 aromatic heterocycles.